The number of rotatable bonds is 7. The van der Waals surface area contributed by atoms with E-state index in [4.69, 9.17) is 5.11 Å². The van der Waals surface area contributed by atoms with Crippen molar-refractivity contribution in [1.29, 1.82) is 0 Å². The minimum Gasteiger partial charge on any atom is -0.481 e. The average Bonchev–Trinajstić information content (AvgIpc) is 2.52. The molecule has 0 aliphatic rings. The monoisotopic (exact) mass is 347 g/mol. The molecule has 0 radical (unpaired) electrons. The predicted molar refractivity (Wildman–Crippen MR) is 89.6 cm³/mol. The van der Waals surface area contributed by atoms with Crippen molar-refractivity contribution in [3.05, 3.63) is 59.7 Å². The number of hydrogen-bond donors (Lipinski definition) is 2. The number of sulfonamides is 1. The molecule has 0 spiro atoms. The summed E-state index contributed by atoms with van der Waals surface area (Å²) in [5, 5.41) is 8.62. The van der Waals surface area contributed by atoms with Crippen LogP contribution in [-0.4, -0.2) is 25.3 Å². The van der Waals surface area contributed by atoms with Gasteiger partial charge in [0.25, 0.3) is 10.0 Å². The molecule has 2 aromatic rings. The highest BCUT2D eigenvalue weighted by molar-refractivity contribution is 7.92. The third-order valence-corrected chi connectivity index (χ3v) is 4.68. The van der Waals surface area contributed by atoms with Crippen molar-refractivity contribution >= 4 is 27.5 Å². The van der Waals surface area contributed by atoms with Crippen molar-refractivity contribution in [2.45, 2.75) is 24.7 Å². The van der Waals surface area contributed by atoms with Gasteiger partial charge in [0.15, 0.2) is 5.78 Å². The van der Waals surface area contributed by atoms with Crippen LogP contribution in [0.25, 0.3) is 0 Å². The SMILES string of the molecule is Cc1cccc(S(=O)(=O)Nc2cccc(C(=O)CCC(=O)O)c2)c1. The summed E-state index contributed by atoms with van der Waals surface area (Å²) < 4.78 is 27.2. The average molecular weight is 347 g/mol. The van der Waals surface area contributed by atoms with Gasteiger partial charge in [0, 0.05) is 17.7 Å². The fraction of sp³-hybridized carbons (Fsp3) is 0.176. The molecule has 0 aliphatic carbocycles. The molecule has 7 heteroatoms. The zero-order valence-electron chi connectivity index (χ0n) is 13.0. The smallest absolute Gasteiger partial charge is 0.303 e. The molecule has 0 unspecified atom stereocenters. The van der Waals surface area contributed by atoms with Gasteiger partial charge in [-0.15, -0.1) is 0 Å². The summed E-state index contributed by atoms with van der Waals surface area (Å²) in [4.78, 5) is 22.6. The van der Waals surface area contributed by atoms with Crippen LogP contribution in [-0.2, 0) is 14.8 Å². The predicted octanol–water partition coefficient (Wildman–Crippen LogP) is 2.84. The van der Waals surface area contributed by atoms with Crippen molar-refractivity contribution in [2.75, 3.05) is 4.72 Å². The Morgan fingerprint density at radius 3 is 2.42 bits per heavy atom. The molecule has 0 saturated carbocycles. The van der Waals surface area contributed by atoms with Gasteiger partial charge in [0.1, 0.15) is 0 Å². The number of Topliss-reactive ketones (excluding diaryl/α,β-unsaturated/α-hetero) is 1. The van der Waals surface area contributed by atoms with Gasteiger partial charge in [0.2, 0.25) is 0 Å². The maximum absolute atomic E-state index is 12.4. The maximum atomic E-state index is 12.4. The van der Waals surface area contributed by atoms with Gasteiger partial charge in [0.05, 0.1) is 11.3 Å². The number of carbonyl (C=O) groups is 2. The van der Waals surface area contributed by atoms with Crippen LogP contribution in [0.15, 0.2) is 53.4 Å². The van der Waals surface area contributed by atoms with Crippen LogP contribution >= 0.6 is 0 Å². The van der Waals surface area contributed by atoms with Crippen LogP contribution in [0.4, 0.5) is 5.69 Å². The lowest BCUT2D eigenvalue weighted by Gasteiger charge is -2.10. The van der Waals surface area contributed by atoms with Crippen LogP contribution in [0, 0.1) is 6.92 Å². The summed E-state index contributed by atoms with van der Waals surface area (Å²) in [6.45, 7) is 1.79. The number of carbonyl (C=O) groups excluding carboxylic acids is 1. The van der Waals surface area contributed by atoms with E-state index in [0.29, 0.717) is 0 Å². The Morgan fingerprint density at radius 2 is 1.75 bits per heavy atom. The van der Waals surface area contributed by atoms with Gasteiger partial charge in [-0.2, -0.15) is 0 Å². The molecule has 24 heavy (non-hydrogen) atoms. The number of aryl methyl sites for hydroxylation is 1. The molecule has 2 aromatic carbocycles. The summed E-state index contributed by atoms with van der Waals surface area (Å²) in [5.41, 5.74) is 1.33. The highest BCUT2D eigenvalue weighted by Crippen LogP contribution is 2.19. The van der Waals surface area contributed by atoms with E-state index in [-0.39, 0.29) is 34.8 Å². The minimum absolute atomic E-state index is 0.130. The fourth-order valence-electron chi connectivity index (χ4n) is 2.12. The molecule has 126 valence electrons. The molecule has 0 saturated heterocycles. The second-order valence-corrected chi connectivity index (χ2v) is 7.00. The molecule has 0 amide bonds. The quantitative estimate of drug-likeness (QED) is 0.750. The lowest BCUT2D eigenvalue weighted by molar-refractivity contribution is -0.136. The summed E-state index contributed by atoms with van der Waals surface area (Å²) in [6, 6.07) is 12.5. The van der Waals surface area contributed by atoms with Crippen LogP contribution in [0.3, 0.4) is 0 Å². The van der Waals surface area contributed by atoms with Crippen LogP contribution < -0.4 is 4.72 Å². The molecule has 0 heterocycles. The Balaban J connectivity index is 2.20. The lowest BCUT2D eigenvalue weighted by Crippen LogP contribution is -2.13. The summed E-state index contributed by atoms with van der Waals surface area (Å²) in [6.07, 6.45) is -0.401. The zero-order valence-corrected chi connectivity index (χ0v) is 13.8. The molecule has 0 aromatic heterocycles. The number of anilines is 1. The highest BCUT2D eigenvalue weighted by atomic mass is 32.2. The largest absolute Gasteiger partial charge is 0.481 e. The van der Waals surface area contributed by atoms with Crippen molar-refractivity contribution in [3.63, 3.8) is 0 Å². The number of hydrogen-bond acceptors (Lipinski definition) is 4. The summed E-state index contributed by atoms with van der Waals surface area (Å²) in [7, 11) is -3.76. The highest BCUT2D eigenvalue weighted by Gasteiger charge is 2.15. The van der Waals surface area contributed by atoms with Crippen molar-refractivity contribution < 1.29 is 23.1 Å². The first-order valence-corrected chi connectivity index (χ1v) is 8.71. The topological polar surface area (TPSA) is 101 Å². The minimum atomic E-state index is -3.76. The van der Waals surface area contributed by atoms with Crippen LogP contribution in [0.2, 0.25) is 0 Å². The van der Waals surface area contributed by atoms with Gasteiger partial charge in [-0.3, -0.25) is 14.3 Å². The van der Waals surface area contributed by atoms with E-state index in [1.165, 1.54) is 24.3 Å². The van der Waals surface area contributed by atoms with E-state index in [9.17, 15) is 18.0 Å². The van der Waals surface area contributed by atoms with E-state index in [1.807, 2.05) is 0 Å². The molecule has 2 rings (SSSR count). The molecule has 0 bridgehead atoms. The Hall–Kier alpha value is -2.67. The number of carboxylic acid groups (broad SMARTS) is 1. The van der Waals surface area contributed by atoms with E-state index in [0.717, 1.165) is 5.56 Å². The van der Waals surface area contributed by atoms with Gasteiger partial charge < -0.3 is 5.11 Å². The number of ketones is 1. The molecular weight excluding hydrogens is 330 g/mol. The normalized spacial score (nSPS) is 11.0. The Bertz CT molecular complexity index is 874. The van der Waals surface area contributed by atoms with E-state index < -0.39 is 16.0 Å². The number of carboxylic acids is 1. The molecule has 0 fully saturated rings. The third kappa shape index (κ3) is 4.66. The Labute approximate surface area is 140 Å². The van der Waals surface area contributed by atoms with Crippen LogP contribution in [0.5, 0.6) is 0 Å². The Kier molecular flexibility index (Phi) is 5.35. The van der Waals surface area contributed by atoms with Gasteiger partial charge >= 0.3 is 5.97 Å². The van der Waals surface area contributed by atoms with E-state index in [2.05, 4.69) is 4.72 Å². The number of aliphatic carboxylic acids is 1. The van der Waals surface area contributed by atoms with E-state index in [1.54, 1.807) is 31.2 Å². The zero-order chi connectivity index (χ0) is 17.7. The molecule has 2 N–H and O–H groups in total. The molecule has 6 nitrogen and oxygen atoms in total. The number of nitrogens with one attached hydrogen (secondary N) is 1. The second kappa shape index (κ2) is 7.27. The van der Waals surface area contributed by atoms with Crippen molar-refractivity contribution in [2.24, 2.45) is 0 Å². The van der Waals surface area contributed by atoms with Gasteiger partial charge in [-0.05, 0) is 36.8 Å². The number of benzene rings is 2. The Morgan fingerprint density at radius 1 is 1.04 bits per heavy atom. The first kappa shape index (κ1) is 17.7. The van der Waals surface area contributed by atoms with Gasteiger partial charge in [-0.1, -0.05) is 24.3 Å². The van der Waals surface area contributed by atoms with E-state index >= 15 is 0 Å². The van der Waals surface area contributed by atoms with Crippen molar-refractivity contribution in [1.82, 2.24) is 0 Å². The maximum Gasteiger partial charge on any atom is 0.303 e. The van der Waals surface area contributed by atoms with Crippen LogP contribution in [0.1, 0.15) is 28.8 Å². The standard InChI is InChI=1S/C17H17NO5S/c1-12-4-2-7-15(10-12)24(22,23)18-14-6-3-5-13(11-14)16(19)8-9-17(20)21/h2-7,10-11,18H,8-9H2,1H3,(H,20,21). The first-order chi connectivity index (χ1) is 11.3. The third-order valence-electron chi connectivity index (χ3n) is 3.30. The lowest BCUT2D eigenvalue weighted by atomic mass is 10.1. The summed E-state index contributed by atoms with van der Waals surface area (Å²) >= 11 is 0. The molecular formula is C17H17NO5S. The fourth-order valence-corrected chi connectivity index (χ4v) is 3.27. The molecule has 0 aliphatic heterocycles. The van der Waals surface area contributed by atoms with Gasteiger partial charge in [-0.25, -0.2) is 8.42 Å². The van der Waals surface area contributed by atoms with Crippen molar-refractivity contribution in [3.8, 4) is 0 Å². The first-order valence-electron chi connectivity index (χ1n) is 7.22. The second-order valence-electron chi connectivity index (χ2n) is 5.32. The summed E-state index contributed by atoms with van der Waals surface area (Å²) in [5.74, 6) is -1.41. The molecule has 0 atom stereocenters.